The van der Waals surface area contributed by atoms with Gasteiger partial charge in [-0.3, -0.25) is 4.79 Å². The highest BCUT2D eigenvalue weighted by Crippen LogP contribution is 2.20. The van der Waals surface area contributed by atoms with Gasteiger partial charge in [-0.05, 0) is 13.0 Å². The Balaban J connectivity index is 1.97. The number of hydrogen-bond donors (Lipinski definition) is 2. The van der Waals surface area contributed by atoms with Crippen LogP contribution in [0, 0.1) is 18.3 Å². The van der Waals surface area contributed by atoms with Crippen LogP contribution in [0.2, 0.25) is 0 Å². The highest BCUT2D eigenvalue weighted by atomic mass is 32.2. The number of nitriles is 1. The Bertz CT molecular complexity index is 842. The zero-order valence-corrected chi connectivity index (χ0v) is 14.1. The van der Waals surface area contributed by atoms with Gasteiger partial charge in [-0.2, -0.15) is 10.2 Å². The molecular weight excluding hydrogens is 328 g/mol. The molecule has 2 rings (SSSR count). The molecule has 0 bridgehead atoms. The fourth-order valence-corrected chi connectivity index (χ4v) is 2.88. The van der Waals surface area contributed by atoms with Gasteiger partial charge in [-0.1, -0.05) is 30.0 Å². The topological polar surface area (TPSA) is 108 Å². The smallest absolute Gasteiger partial charge is 0.346 e. The Morgan fingerprint density at radius 2 is 2.21 bits per heavy atom. The molecule has 2 aromatic rings. The van der Waals surface area contributed by atoms with Crippen molar-refractivity contribution in [3.63, 3.8) is 0 Å². The number of aromatic nitrogens is 2. The summed E-state index contributed by atoms with van der Waals surface area (Å²) in [5.41, 5.74) is 1.04. The van der Waals surface area contributed by atoms with Crippen molar-refractivity contribution in [3.8, 4) is 11.8 Å². The van der Waals surface area contributed by atoms with E-state index in [9.17, 15) is 9.59 Å². The first-order chi connectivity index (χ1) is 11.5. The standard InChI is InChI=1S/C16H16N4O3S/c1-10-12(7-17)15(20-16(22)19-10)24-9-14(21)18-8-11-5-3-4-6-13(11)23-2/h3-6H,8-9H2,1-2H3,(H,18,21)(H,19,20,22). The lowest BCUT2D eigenvalue weighted by Crippen LogP contribution is -2.25. The fourth-order valence-electron chi connectivity index (χ4n) is 2.02. The molecule has 1 heterocycles. The molecule has 0 saturated heterocycles. The van der Waals surface area contributed by atoms with E-state index in [0.717, 1.165) is 17.3 Å². The molecule has 124 valence electrons. The van der Waals surface area contributed by atoms with Crippen molar-refractivity contribution in [3.05, 3.63) is 51.6 Å². The summed E-state index contributed by atoms with van der Waals surface area (Å²) in [6.45, 7) is 1.95. The van der Waals surface area contributed by atoms with Gasteiger partial charge in [-0.25, -0.2) is 4.79 Å². The zero-order valence-electron chi connectivity index (χ0n) is 13.3. The molecule has 0 saturated carbocycles. The Kier molecular flexibility index (Phi) is 5.98. The fraction of sp³-hybridized carbons (Fsp3) is 0.250. The maximum Gasteiger partial charge on any atom is 0.346 e. The first kappa shape index (κ1) is 17.6. The molecule has 2 N–H and O–H groups in total. The second kappa shape index (κ2) is 8.17. The number of aryl methyl sites for hydroxylation is 1. The molecule has 1 aromatic heterocycles. The quantitative estimate of drug-likeness (QED) is 0.605. The average Bonchev–Trinajstić information content (AvgIpc) is 2.58. The molecule has 0 radical (unpaired) electrons. The Morgan fingerprint density at radius 1 is 1.46 bits per heavy atom. The van der Waals surface area contributed by atoms with Crippen LogP contribution in [0.15, 0.2) is 34.1 Å². The van der Waals surface area contributed by atoms with Gasteiger partial charge in [0, 0.05) is 17.8 Å². The van der Waals surface area contributed by atoms with Gasteiger partial charge in [0.05, 0.1) is 12.9 Å². The second-order valence-electron chi connectivity index (χ2n) is 4.84. The Labute approximate surface area is 143 Å². The van der Waals surface area contributed by atoms with Crippen molar-refractivity contribution in [2.45, 2.75) is 18.5 Å². The van der Waals surface area contributed by atoms with Crippen molar-refractivity contribution in [2.24, 2.45) is 0 Å². The summed E-state index contributed by atoms with van der Waals surface area (Å²) in [7, 11) is 1.57. The maximum atomic E-state index is 12.0. The number of carbonyl (C=O) groups is 1. The largest absolute Gasteiger partial charge is 0.496 e. The average molecular weight is 344 g/mol. The van der Waals surface area contributed by atoms with Crippen LogP contribution in [0.1, 0.15) is 16.8 Å². The summed E-state index contributed by atoms with van der Waals surface area (Å²) in [4.78, 5) is 29.6. The van der Waals surface area contributed by atoms with Gasteiger partial charge in [0.1, 0.15) is 22.4 Å². The third-order valence-electron chi connectivity index (χ3n) is 3.21. The molecule has 1 amide bonds. The van der Waals surface area contributed by atoms with Gasteiger partial charge in [0.2, 0.25) is 5.91 Å². The second-order valence-corrected chi connectivity index (χ2v) is 5.80. The number of rotatable bonds is 6. The van der Waals surface area contributed by atoms with Gasteiger partial charge in [0.15, 0.2) is 0 Å². The molecule has 0 atom stereocenters. The lowest BCUT2D eigenvalue weighted by Gasteiger charge is -2.09. The molecule has 0 aliphatic heterocycles. The maximum absolute atomic E-state index is 12.0. The number of ether oxygens (including phenoxy) is 1. The number of hydrogen-bond acceptors (Lipinski definition) is 6. The van der Waals surface area contributed by atoms with Crippen LogP contribution in [0.3, 0.4) is 0 Å². The van der Waals surface area contributed by atoms with Gasteiger partial charge in [0.25, 0.3) is 0 Å². The minimum absolute atomic E-state index is 0.0553. The van der Waals surface area contributed by atoms with Crippen LogP contribution in [0.5, 0.6) is 5.75 Å². The predicted molar refractivity (Wildman–Crippen MR) is 89.9 cm³/mol. The molecule has 7 nitrogen and oxygen atoms in total. The third-order valence-corrected chi connectivity index (χ3v) is 4.18. The number of carbonyl (C=O) groups excluding carboxylic acids is 1. The molecule has 1 aromatic carbocycles. The summed E-state index contributed by atoms with van der Waals surface area (Å²) in [5, 5.41) is 12.2. The zero-order chi connectivity index (χ0) is 17.5. The van der Waals surface area contributed by atoms with E-state index >= 15 is 0 Å². The molecule has 0 aliphatic rings. The number of amides is 1. The van der Waals surface area contributed by atoms with E-state index in [1.54, 1.807) is 14.0 Å². The summed E-state index contributed by atoms with van der Waals surface area (Å²) >= 11 is 1.06. The van der Waals surface area contributed by atoms with E-state index in [4.69, 9.17) is 10.00 Å². The van der Waals surface area contributed by atoms with Crippen molar-refractivity contribution in [1.29, 1.82) is 5.26 Å². The van der Waals surface area contributed by atoms with E-state index < -0.39 is 5.69 Å². The summed E-state index contributed by atoms with van der Waals surface area (Å²) in [6, 6.07) is 9.38. The lowest BCUT2D eigenvalue weighted by atomic mass is 10.2. The van der Waals surface area contributed by atoms with E-state index in [-0.39, 0.29) is 22.2 Å². The number of H-pyrrole nitrogens is 1. The van der Waals surface area contributed by atoms with Gasteiger partial charge in [-0.15, -0.1) is 0 Å². The number of nitrogens with one attached hydrogen (secondary N) is 2. The number of methoxy groups -OCH3 is 1. The molecule has 24 heavy (non-hydrogen) atoms. The number of para-hydroxylation sites is 1. The lowest BCUT2D eigenvalue weighted by molar-refractivity contribution is -0.118. The molecule has 0 spiro atoms. The van der Waals surface area contributed by atoms with Crippen LogP contribution >= 0.6 is 11.8 Å². The Morgan fingerprint density at radius 3 is 2.92 bits per heavy atom. The molecule has 0 unspecified atom stereocenters. The van der Waals surface area contributed by atoms with Gasteiger partial charge >= 0.3 is 5.69 Å². The van der Waals surface area contributed by atoms with Crippen molar-refractivity contribution in [1.82, 2.24) is 15.3 Å². The summed E-state index contributed by atoms with van der Waals surface area (Å²) in [6.07, 6.45) is 0. The number of thioether (sulfide) groups is 1. The van der Waals surface area contributed by atoms with Crippen LogP contribution in [0.4, 0.5) is 0 Å². The SMILES string of the molecule is COc1ccccc1CNC(=O)CSc1nc(=O)[nH]c(C)c1C#N. The molecular formula is C16H16N4O3S. The Hall–Kier alpha value is -2.79. The normalized spacial score (nSPS) is 10.0. The molecule has 0 fully saturated rings. The van der Waals surface area contributed by atoms with Crippen LogP contribution in [-0.4, -0.2) is 28.7 Å². The minimum Gasteiger partial charge on any atom is -0.496 e. The van der Waals surface area contributed by atoms with E-state index in [0.29, 0.717) is 18.0 Å². The molecule has 8 heteroatoms. The van der Waals surface area contributed by atoms with Crippen LogP contribution in [0.25, 0.3) is 0 Å². The van der Waals surface area contributed by atoms with Crippen molar-refractivity contribution in [2.75, 3.05) is 12.9 Å². The van der Waals surface area contributed by atoms with E-state index in [1.165, 1.54) is 0 Å². The number of aromatic amines is 1. The third kappa shape index (κ3) is 4.36. The van der Waals surface area contributed by atoms with Crippen molar-refractivity contribution >= 4 is 17.7 Å². The predicted octanol–water partition coefficient (Wildman–Crippen LogP) is 1.37. The monoisotopic (exact) mass is 344 g/mol. The van der Waals surface area contributed by atoms with Crippen LogP contribution in [-0.2, 0) is 11.3 Å². The van der Waals surface area contributed by atoms with E-state index in [1.807, 2.05) is 30.3 Å². The summed E-state index contributed by atoms with van der Waals surface area (Å²) < 4.78 is 5.22. The first-order valence-corrected chi connectivity index (χ1v) is 8.06. The van der Waals surface area contributed by atoms with Crippen LogP contribution < -0.4 is 15.7 Å². The minimum atomic E-state index is -0.538. The van der Waals surface area contributed by atoms with Gasteiger partial charge < -0.3 is 15.0 Å². The number of benzene rings is 1. The van der Waals surface area contributed by atoms with E-state index in [2.05, 4.69) is 15.3 Å². The highest BCUT2D eigenvalue weighted by molar-refractivity contribution is 8.00. The first-order valence-electron chi connectivity index (χ1n) is 7.07. The molecule has 0 aliphatic carbocycles. The van der Waals surface area contributed by atoms with Crippen molar-refractivity contribution < 1.29 is 9.53 Å². The summed E-state index contributed by atoms with van der Waals surface area (Å²) in [5.74, 6) is 0.526. The number of nitrogens with zero attached hydrogens (tertiary/aromatic N) is 2. The highest BCUT2D eigenvalue weighted by Gasteiger charge is 2.12.